The van der Waals surface area contributed by atoms with Gasteiger partial charge in [0.2, 0.25) is 5.82 Å². The second-order valence-corrected chi connectivity index (χ2v) is 5.85. The molecule has 0 spiro atoms. The number of anilines is 1. The van der Waals surface area contributed by atoms with Crippen molar-refractivity contribution in [1.29, 1.82) is 0 Å². The van der Waals surface area contributed by atoms with Crippen molar-refractivity contribution in [2.45, 2.75) is 30.6 Å². The average molecular weight is 311 g/mol. The molecule has 2 atom stereocenters. The van der Waals surface area contributed by atoms with E-state index in [-0.39, 0.29) is 23.2 Å². The molecule has 8 heteroatoms. The number of carbonyl (C=O) groups is 1. The SMILES string of the molecule is COC(=O)c1ccc([N+](=O)[O-])c(NC2CCCC2SC)n1. The van der Waals surface area contributed by atoms with Gasteiger partial charge in [-0.3, -0.25) is 10.1 Å². The highest BCUT2D eigenvalue weighted by molar-refractivity contribution is 7.99. The molecule has 1 N–H and O–H groups in total. The van der Waals surface area contributed by atoms with Crippen LogP contribution in [0, 0.1) is 10.1 Å². The fraction of sp³-hybridized carbons (Fsp3) is 0.538. The summed E-state index contributed by atoms with van der Waals surface area (Å²) in [6, 6.07) is 2.71. The number of hydrogen-bond donors (Lipinski definition) is 1. The maximum atomic E-state index is 11.5. The van der Waals surface area contributed by atoms with E-state index in [1.165, 1.54) is 19.2 Å². The molecule has 21 heavy (non-hydrogen) atoms. The van der Waals surface area contributed by atoms with Gasteiger partial charge in [0.15, 0.2) is 5.69 Å². The molecule has 0 saturated heterocycles. The maximum absolute atomic E-state index is 11.5. The first-order valence-corrected chi connectivity index (χ1v) is 7.88. The van der Waals surface area contributed by atoms with Gasteiger partial charge in [0.1, 0.15) is 0 Å². The van der Waals surface area contributed by atoms with Crippen LogP contribution in [0.1, 0.15) is 29.8 Å². The fourth-order valence-corrected chi connectivity index (χ4v) is 3.41. The molecule has 114 valence electrons. The zero-order chi connectivity index (χ0) is 15.4. The third kappa shape index (κ3) is 3.44. The van der Waals surface area contributed by atoms with Crippen molar-refractivity contribution in [2.24, 2.45) is 0 Å². The summed E-state index contributed by atoms with van der Waals surface area (Å²) in [4.78, 5) is 26.2. The third-order valence-corrected chi connectivity index (χ3v) is 4.71. The molecular formula is C13H17N3O4S. The van der Waals surface area contributed by atoms with Gasteiger partial charge in [-0.05, 0) is 25.2 Å². The lowest BCUT2D eigenvalue weighted by atomic mass is 10.2. The van der Waals surface area contributed by atoms with Crippen LogP contribution in [0.25, 0.3) is 0 Å². The largest absolute Gasteiger partial charge is 0.464 e. The van der Waals surface area contributed by atoms with Crippen molar-refractivity contribution < 1.29 is 14.5 Å². The van der Waals surface area contributed by atoms with E-state index in [1.807, 2.05) is 6.26 Å². The van der Waals surface area contributed by atoms with Crippen molar-refractivity contribution in [1.82, 2.24) is 4.98 Å². The van der Waals surface area contributed by atoms with E-state index in [0.29, 0.717) is 5.25 Å². The van der Waals surface area contributed by atoms with Crippen LogP contribution in [0.2, 0.25) is 0 Å². The van der Waals surface area contributed by atoms with E-state index < -0.39 is 10.9 Å². The molecular weight excluding hydrogens is 294 g/mol. The second kappa shape index (κ2) is 6.75. The number of nitro groups is 1. The van der Waals surface area contributed by atoms with Crippen LogP contribution < -0.4 is 5.32 Å². The fourth-order valence-electron chi connectivity index (χ4n) is 2.47. The highest BCUT2D eigenvalue weighted by Crippen LogP contribution is 2.32. The van der Waals surface area contributed by atoms with Crippen LogP contribution in [0.5, 0.6) is 0 Å². The van der Waals surface area contributed by atoms with Gasteiger partial charge in [-0.15, -0.1) is 0 Å². The highest BCUT2D eigenvalue weighted by Gasteiger charge is 2.29. The van der Waals surface area contributed by atoms with Gasteiger partial charge < -0.3 is 10.1 Å². The summed E-state index contributed by atoms with van der Waals surface area (Å²) in [5, 5.41) is 14.6. The molecule has 1 aliphatic rings. The Labute approximate surface area is 126 Å². The Kier molecular flexibility index (Phi) is 5.00. The summed E-state index contributed by atoms with van der Waals surface area (Å²) in [6.45, 7) is 0. The number of pyridine rings is 1. The predicted octanol–water partition coefficient (Wildman–Crippen LogP) is 2.47. The summed E-state index contributed by atoms with van der Waals surface area (Å²) < 4.78 is 4.60. The number of methoxy groups -OCH3 is 1. The minimum Gasteiger partial charge on any atom is -0.464 e. The maximum Gasteiger partial charge on any atom is 0.356 e. The number of ether oxygens (including phenoxy) is 1. The Morgan fingerprint density at radius 1 is 1.52 bits per heavy atom. The highest BCUT2D eigenvalue weighted by atomic mass is 32.2. The zero-order valence-electron chi connectivity index (χ0n) is 11.9. The van der Waals surface area contributed by atoms with E-state index in [9.17, 15) is 14.9 Å². The molecule has 0 radical (unpaired) electrons. The van der Waals surface area contributed by atoms with Crippen LogP contribution in [-0.4, -0.2) is 40.5 Å². The second-order valence-electron chi connectivity index (χ2n) is 4.77. The number of esters is 1. The number of thioether (sulfide) groups is 1. The predicted molar refractivity (Wildman–Crippen MR) is 80.8 cm³/mol. The Bertz CT molecular complexity index is 552. The number of aromatic nitrogens is 1. The lowest BCUT2D eigenvalue weighted by molar-refractivity contribution is -0.384. The molecule has 1 aromatic heterocycles. The monoisotopic (exact) mass is 311 g/mol. The quantitative estimate of drug-likeness (QED) is 0.507. The molecule has 1 heterocycles. The molecule has 2 unspecified atom stereocenters. The van der Waals surface area contributed by atoms with Crippen LogP contribution in [0.4, 0.5) is 11.5 Å². The van der Waals surface area contributed by atoms with E-state index in [2.05, 4.69) is 15.0 Å². The summed E-state index contributed by atoms with van der Waals surface area (Å²) in [5.41, 5.74) is -0.0706. The van der Waals surface area contributed by atoms with E-state index in [1.54, 1.807) is 11.8 Å². The molecule has 1 aliphatic carbocycles. The molecule has 0 bridgehead atoms. The van der Waals surface area contributed by atoms with Crippen molar-refractivity contribution in [2.75, 3.05) is 18.7 Å². The third-order valence-electron chi connectivity index (χ3n) is 3.54. The summed E-state index contributed by atoms with van der Waals surface area (Å²) in [7, 11) is 1.25. The van der Waals surface area contributed by atoms with Gasteiger partial charge in [-0.25, -0.2) is 9.78 Å². The van der Waals surface area contributed by atoms with Gasteiger partial charge in [-0.1, -0.05) is 6.42 Å². The zero-order valence-corrected chi connectivity index (χ0v) is 12.7. The Morgan fingerprint density at radius 3 is 2.90 bits per heavy atom. The van der Waals surface area contributed by atoms with Gasteiger partial charge in [0, 0.05) is 17.4 Å². The molecule has 0 aliphatic heterocycles. The van der Waals surface area contributed by atoms with Gasteiger partial charge in [0.05, 0.1) is 12.0 Å². The first-order chi connectivity index (χ1) is 10.1. The molecule has 0 aromatic carbocycles. The van der Waals surface area contributed by atoms with E-state index >= 15 is 0 Å². The van der Waals surface area contributed by atoms with E-state index in [4.69, 9.17) is 0 Å². The van der Waals surface area contributed by atoms with E-state index in [0.717, 1.165) is 19.3 Å². The average Bonchev–Trinajstić information content (AvgIpc) is 2.93. The minimum atomic E-state index is -0.610. The molecule has 1 fully saturated rings. The lowest BCUT2D eigenvalue weighted by Gasteiger charge is -2.19. The Morgan fingerprint density at radius 2 is 2.29 bits per heavy atom. The number of nitrogens with zero attached hydrogens (tertiary/aromatic N) is 2. The van der Waals surface area contributed by atoms with Crippen LogP contribution in [0.3, 0.4) is 0 Å². The number of carbonyl (C=O) groups excluding carboxylic acids is 1. The van der Waals surface area contributed by atoms with Crippen molar-refractivity contribution in [3.8, 4) is 0 Å². The van der Waals surface area contributed by atoms with Gasteiger partial charge in [-0.2, -0.15) is 11.8 Å². The number of nitrogens with one attached hydrogen (secondary N) is 1. The molecule has 7 nitrogen and oxygen atoms in total. The topological polar surface area (TPSA) is 94.4 Å². The number of hydrogen-bond acceptors (Lipinski definition) is 7. The van der Waals surface area contributed by atoms with Crippen molar-refractivity contribution in [3.05, 3.63) is 27.9 Å². The molecule has 2 rings (SSSR count). The van der Waals surface area contributed by atoms with Crippen LogP contribution >= 0.6 is 11.8 Å². The Balaban J connectivity index is 2.30. The standard InChI is InChI=1S/C13H17N3O4S/c1-20-13(17)9-6-7-10(16(18)19)12(15-9)14-8-4-3-5-11(8)21-2/h6-8,11H,3-5H2,1-2H3,(H,14,15). The van der Waals surface area contributed by atoms with Crippen LogP contribution in [0.15, 0.2) is 12.1 Å². The minimum absolute atomic E-state index is 0.0595. The van der Waals surface area contributed by atoms with Gasteiger partial charge >= 0.3 is 11.7 Å². The Hall–Kier alpha value is -1.83. The lowest BCUT2D eigenvalue weighted by Crippen LogP contribution is -2.27. The molecule has 1 saturated carbocycles. The normalized spacial score (nSPS) is 21.0. The molecule has 1 aromatic rings. The summed E-state index contributed by atoms with van der Waals surface area (Å²) in [5.74, 6) is -0.477. The van der Waals surface area contributed by atoms with Crippen LogP contribution in [-0.2, 0) is 4.74 Å². The molecule has 0 amide bonds. The summed E-state index contributed by atoms with van der Waals surface area (Å²) >= 11 is 1.74. The smallest absolute Gasteiger partial charge is 0.356 e. The first kappa shape index (κ1) is 15.6. The first-order valence-electron chi connectivity index (χ1n) is 6.60. The number of rotatable bonds is 5. The van der Waals surface area contributed by atoms with Gasteiger partial charge in [0.25, 0.3) is 0 Å². The summed E-state index contributed by atoms with van der Waals surface area (Å²) in [6.07, 6.45) is 5.11. The van der Waals surface area contributed by atoms with Crippen molar-refractivity contribution in [3.63, 3.8) is 0 Å². The van der Waals surface area contributed by atoms with Crippen molar-refractivity contribution >= 4 is 29.2 Å².